The number of alkyl halides is 1. The smallest absolute Gasteiger partial charge is 0.266 e. The lowest BCUT2D eigenvalue weighted by molar-refractivity contribution is -0.121. The van der Waals surface area contributed by atoms with Crippen LogP contribution < -0.4 is 9.64 Å². The maximum absolute atomic E-state index is 12.4. The van der Waals surface area contributed by atoms with Crippen LogP contribution in [0.4, 0.5) is 10.2 Å². The molecule has 1 amide bonds. The van der Waals surface area contributed by atoms with Crippen molar-refractivity contribution in [2.45, 2.75) is 19.8 Å². The highest BCUT2D eigenvalue weighted by Gasteiger charge is 2.26. The topological polar surface area (TPSA) is 42.4 Å². The second-order valence-electron chi connectivity index (χ2n) is 4.27. The van der Waals surface area contributed by atoms with Crippen LogP contribution in [-0.2, 0) is 4.79 Å². The van der Waals surface area contributed by atoms with Gasteiger partial charge in [0.25, 0.3) is 5.91 Å². The molecule has 2 heterocycles. The Morgan fingerprint density at radius 1 is 1.59 bits per heavy atom. The second kappa shape index (κ2) is 4.69. The molecule has 0 N–H and O–H groups in total. The number of carbonyl (C=O) groups excluding carboxylic acids is 1. The minimum Gasteiger partial charge on any atom is -0.480 e. The van der Waals surface area contributed by atoms with E-state index in [1.807, 2.05) is 6.07 Å². The first kappa shape index (κ1) is 11.8. The van der Waals surface area contributed by atoms with Crippen molar-refractivity contribution in [1.29, 1.82) is 0 Å². The molecule has 0 aromatic carbocycles. The zero-order valence-corrected chi connectivity index (χ0v) is 9.94. The summed E-state index contributed by atoms with van der Waals surface area (Å²) in [5, 5.41) is 0. The van der Waals surface area contributed by atoms with E-state index in [1.165, 1.54) is 4.90 Å². The third-order valence-electron chi connectivity index (χ3n) is 2.74. The Bertz CT molecular complexity index is 435. The molecule has 0 bridgehead atoms. The van der Waals surface area contributed by atoms with Crippen LogP contribution in [0.25, 0.3) is 0 Å². The first-order valence-corrected chi connectivity index (χ1v) is 5.62. The van der Waals surface area contributed by atoms with Crippen LogP contribution in [0.5, 0.6) is 5.75 Å². The Morgan fingerprint density at radius 3 is 3.00 bits per heavy atom. The van der Waals surface area contributed by atoms with Gasteiger partial charge in [-0.25, -0.2) is 9.37 Å². The number of anilines is 1. The number of fused-ring (bicyclic) bond motifs is 1. The van der Waals surface area contributed by atoms with Gasteiger partial charge in [-0.1, -0.05) is 13.8 Å². The zero-order valence-electron chi connectivity index (χ0n) is 9.94. The summed E-state index contributed by atoms with van der Waals surface area (Å²) in [6.07, 6.45) is 1.71. The quantitative estimate of drug-likeness (QED) is 0.807. The highest BCUT2D eigenvalue weighted by atomic mass is 19.1. The van der Waals surface area contributed by atoms with Gasteiger partial charge in [-0.05, 0) is 17.5 Å². The fraction of sp³-hybridized carbons (Fsp3) is 0.500. The molecule has 1 aromatic rings. The van der Waals surface area contributed by atoms with Gasteiger partial charge < -0.3 is 4.74 Å². The first-order chi connectivity index (χ1) is 8.13. The Kier molecular flexibility index (Phi) is 3.26. The Labute approximate surface area is 99.4 Å². The first-order valence-electron chi connectivity index (χ1n) is 5.62. The van der Waals surface area contributed by atoms with E-state index in [9.17, 15) is 9.18 Å². The third kappa shape index (κ3) is 2.23. The Morgan fingerprint density at radius 2 is 2.35 bits per heavy atom. The number of pyridine rings is 1. The summed E-state index contributed by atoms with van der Waals surface area (Å²) < 4.78 is 17.7. The van der Waals surface area contributed by atoms with E-state index < -0.39 is 6.67 Å². The molecule has 0 spiro atoms. The van der Waals surface area contributed by atoms with Crippen LogP contribution in [0.2, 0.25) is 0 Å². The standard InChI is InChI=1S/C12H15FN2O2/c1-8(2)9-5-10-12(14-6-9)15(4-3-13)11(16)7-17-10/h5-6,8H,3-4,7H2,1-2H3. The summed E-state index contributed by atoms with van der Waals surface area (Å²) in [4.78, 5) is 17.1. The summed E-state index contributed by atoms with van der Waals surface area (Å²) in [6.45, 7) is 3.51. The average molecular weight is 238 g/mol. The predicted molar refractivity (Wildman–Crippen MR) is 62.1 cm³/mol. The van der Waals surface area contributed by atoms with Gasteiger partial charge in [0, 0.05) is 6.20 Å². The third-order valence-corrected chi connectivity index (χ3v) is 2.74. The zero-order chi connectivity index (χ0) is 12.4. The van der Waals surface area contributed by atoms with E-state index in [0.717, 1.165) is 5.56 Å². The van der Waals surface area contributed by atoms with Crippen LogP contribution >= 0.6 is 0 Å². The number of rotatable bonds is 3. The molecule has 4 nitrogen and oxygen atoms in total. The second-order valence-corrected chi connectivity index (χ2v) is 4.27. The Hall–Kier alpha value is -1.65. The van der Waals surface area contributed by atoms with Gasteiger partial charge in [0.1, 0.15) is 6.67 Å². The molecule has 5 heteroatoms. The molecule has 0 aliphatic carbocycles. The van der Waals surface area contributed by atoms with Gasteiger partial charge in [0.15, 0.2) is 18.2 Å². The molecule has 2 rings (SSSR count). The van der Waals surface area contributed by atoms with E-state index in [4.69, 9.17) is 4.74 Å². The van der Waals surface area contributed by atoms with E-state index in [2.05, 4.69) is 18.8 Å². The van der Waals surface area contributed by atoms with Gasteiger partial charge in [-0.3, -0.25) is 9.69 Å². The van der Waals surface area contributed by atoms with Crippen LogP contribution in [-0.4, -0.2) is 30.7 Å². The summed E-state index contributed by atoms with van der Waals surface area (Å²) >= 11 is 0. The normalized spacial score (nSPS) is 14.8. The monoisotopic (exact) mass is 238 g/mol. The van der Waals surface area contributed by atoms with Crippen molar-refractivity contribution in [1.82, 2.24) is 4.98 Å². The van der Waals surface area contributed by atoms with Crippen LogP contribution in [0.3, 0.4) is 0 Å². The lowest BCUT2D eigenvalue weighted by Gasteiger charge is -2.27. The number of hydrogen-bond donors (Lipinski definition) is 0. The highest BCUT2D eigenvalue weighted by Crippen LogP contribution is 2.32. The molecular weight excluding hydrogens is 223 g/mol. The van der Waals surface area contributed by atoms with E-state index in [0.29, 0.717) is 17.5 Å². The molecule has 1 aromatic heterocycles. The molecule has 1 aliphatic rings. The van der Waals surface area contributed by atoms with Crippen LogP contribution in [0.15, 0.2) is 12.3 Å². The van der Waals surface area contributed by atoms with Crippen molar-refractivity contribution in [3.8, 4) is 5.75 Å². The van der Waals surface area contributed by atoms with Crippen molar-refractivity contribution >= 4 is 11.7 Å². The molecular formula is C12H15FN2O2. The largest absolute Gasteiger partial charge is 0.480 e. The molecule has 17 heavy (non-hydrogen) atoms. The van der Waals surface area contributed by atoms with Crippen LogP contribution in [0, 0.1) is 0 Å². The minimum atomic E-state index is -0.585. The number of ether oxygens (including phenoxy) is 1. The fourth-order valence-electron chi connectivity index (χ4n) is 1.73. The fourth-order valence-corrected chi connectivity index (χ4v) is 1.73. The molecule has 0 saturated carbocycles. The summed E-state index contributed by atoms with van der Waals surface area (Å²) in [6, 6.07) is 1.87. The van der Waals surface area contributed by atoms with Gasteiger partial charge in [0.05, 0.1) is 6.54 Å². The predicted octanol–water partition coefficient (Wildman–Crippen LogP) is 1.90. The van der Waals surface area contributed by atoms with Crippen molar-refractivity contribution < 1.29 is 13.9 Å². The molecule has 0 atom stereocenters. The molecule has 0 unspecified atom stereocenters. The van der Waals surface area contributed by atoms with Crippen LogP contribution in [0.1, 0.15) is 25.3 Å². The van der Waals surface area contributed by atoms with Crippen molar-refractivity contribution in [2.24, 2.45) is 0 Å². The molecule has 0 radical (unpaired) electrons. The van der Waals surface area contributed by atoms with Gasteiger partial charge in [0.2, 0.25) is 0 Å². The highest BCUT2D eigenvalue weighted by molar-refractivity contribution is 5.96. The maximum atomic E-state index is 12.4. The molecule has 0 saturated heterocycles. The van der Waals surface area contributed by atoms with E-state index >= 15 is 0 Å². The minimum absolute atomic E-state index is 0.0310. The van der Waals surface area contributed by atoms with E-state index in [1.54, 1.807) is 6.20 Å². The number of hydrogen-bond acceptors (Lipinski definition) is 3. The van der Waals surface area contributed by atoms with Crippen molar-refractivity contribution in [2.75, 3.05) is 24.7 Å². The number of carbonyl (C=O) groups is 1. The SMILES string of the molecule is CC(C)c1cnc2c(c1)OCC(=O)N2CCF. The molecule has 92 valence electrons. The molecule has 1 aliphatic heterocycles. The number of amides is 1. The van der Waals surface area contributed by atoms with Gasteiger partial charge in [-0.2, -0.15) is 0 Å². The lowest BCUT2D eigenvalue weighted by atomic mass is 10.1. The maximum Gasteiger partial charge on any atom is 0.266 e. The number of halogens is 1. The number of nitrogens with zero attached hydrogens (tertiary/aromatic N) is 2. The lowest BCUT2D eigenvalue weighted by Crippen LogP contribution is -2.40. The summed E-state index contributed by atoms with van der Waals surface area (Å²) in [7, 11) is 0. The molecule has 0 fully saturated rings. The van der Waals surface area contributed by atoms with Gasteiger partial charge >= 0.3 is 0 Å². The van der Waals surface area contributed by atoms with Gasteiger partial charge in [-0.15, -0.1) is 0 Å². The van der Waals surface area contributed by atoms with Crippen molar-refractivity contribution in [3.63, 3.8) is 0 Å². The van der Waals surface area contributed by atoms with Crippen molar-refractivity contribution in [3.05, 3.63) is 17.8 Å². The van der Waals surface area contributed by atoms with E-state index in [-0.39, 0.29) is 19.1 Å². The number of aromatic nitrogens is 1. The summed E-state index contributed by atoms with van der Waals surface area (Å²) in [5.41, 5.74) is 1.04. The Balaban J connectivity index is 2.37. The average Bonchev–Trinajstić information content (AvgIpc) is 2.32. The summed E-state index contributed by atoms with van der Waals surface area (Å²) in [5.74, 6) is 1.07.